The van der Waals surface area contributed by atoms with Gasteiger partial charge in [-0.2, -0.15) is 5.10 Å². The molecule has 0 spiro atoms. The number of fused-ring (bicyclic) bond motifs is 1. The van der Waals surface area contributed by atoms with Gasteiger partial charge in [0.05, 0.1) is 17.5 Å². The Balaban J connectivity index is 1.39. The average Bonchev–Trinajstić information content (AvgIpc) is 3.46. The molecule has 1 aliphatic carbocycles. The largest absolute Gasteiger partial charge is 0.335 e. The van der Waals surface area contributed by atoms with Crippen LogP contribution in [0.1, 0.15) is 41.7 Å². The van der Waals surface area contributed by atoms with Gasteiger partial charge in [-0.3, -0.25) is 14.9 Å². The van der Waals surface area contributed by atoms with Gasteiger partial charge in [-0.15, -0.1) is 11.3 Å². The first-order valence-electron chi connectivity index (χ1n) is 9.63. The van der Waals surface area contributed by atoms with Gasteiger partial charge in [0.15, 0.2) is 5.67 Å². The summed E-state index contributed by atoms with van der Waals surface area (Å²) in [6.45, 7) is 0.690. The third-order valence-electron chi connectivity index (χ3n) is 6.05. The van der Waals surface area contributed by atoms with E-state index in [9.17, 15) is 4.79 Å². The van der Waals surface area contributed by atoms with Crippen molar-refractivity contribution in [3.8, 4) is 10.4 Å². The van der Waals surface area contributed by atoms with Crippen molar-refractivity contribution < 1.29 is 9.18 Å². The van der Waals surface area contributed by atoms with E-state index in [2.05, 4.69) is 15.2 Å². The molecule has 3 aromatic rings. The van der Waals surface area contributed by atoms with Gasteiger partial charge in [-0.05, 0) is 43.4 Å². The summed E-state index contributed by atoms with van der Waals surface area (Å²) in [5.74, 6) is 0.197. The number of halogens is 1. The van der Waals surface area contributed by atoms with E-state index in [0.717, 1.165) is 23.3 Å². The Kier molecular flexibility index (Phi) is 4.27. The van der Waals surface area contributed by atoms with Gasteiger partial charge in [-0.1, -0.05) is 6.07 Å². The maximum absolute atomic E-state index is 15.8. The first-order valence-corrected chi connectivity index (χ1v) is 10.5. The molecule has 1 aliphatic heterocycles. The molecule has 2 aliphatic rings. The number of likely N-dealkylation sites (tertiary alicyclic amines) is 1. The van der Waals surface area contributed by atoms with Crippen molar-refractivity contribution in [2.45, 2.75) is 37.4 Å². The van der Waals surface area contributed by atoms with Crippen LogP contribution in [0.25, 0.3) is 10.4 Å². The zero-order valence-corrected chi connectivity index (χ0v) is 16.2. The molecule has 28 heavy (non-hydrogen) atoms. The van der Waals surface area contributed by atoms with Gasteiger partial charge >= 0.3 is 0 Å². The van der Waals surface area contributed by atoms with Crippen LogP contribution in [-0.2, 0) is 5.67 Å². The van der Waals surface area contributed by atoms with Crippen LogP contribution >= 0.6 is 11.3 Å². The fourth-order valence-electron chi connectivity index (χ4n) is 4.72. The summed E-state index contributed by atoms with van der Waals surface area (Å²) in [4.78, 5) is 20.4. The Morgan fingerprint density at radius 1 is 1.36 bits per heavy atom. The van der Waals surface area contributed by atoms with Crippen molar-refractivity contribution in [3.63, 3.8) is 0 Å². The fraction of sp³-hybridized carbons (Fsp3) is 0.381. The van der Waals surface area contributed by atoms with Gasteiger partial charge in [0.2, 0.25) is 0 Å². The second kappa shape index (κ2) is 6.81. The number of aromatic nitrogens is 3. The number of nitrogens with one attached hydrogen (secondary N) is 1. The Morgan fingerprint density at radius 2 is 2.29 bits per heavy atom. The summed E-state index contributed by atoms with van der Waals surface area (Å²) in [5, 5.41) is 8.66. The molecule has 4 heterocycles. The average molecular weight is 396 g/mol. The molecule has 3 atom stereocenters. The van der Waals surface area contributed by atoms with Gasteiger partial charge < -0.3 is 4.90 Å². The lowest BCUT2D eigenvalue weighted by atomic mass is 9.91. The Hall–Kier alpha value is -2.54. The van der Waals surface area contributed by atoms with Gasteiger partial charge in [0.1, 0.15) is 0 Å². The summed E-state index contributed by atoms with van der Waals surface area (Å²) >= 11 is 1.53. The number of rotatable bonds is 3. The van der Waals surface area contributed by atoms with Crippen LogP contribution in [0.3, 0.4) is 0 Å². The van der Waals surface area contributed by atoms with E-state index in [1.165, 1.54) is 11.3 Å². The van der Waals surface area contributed by atoms with Crippen LogP contribution in [-0.4, -0.2) is 38.6 Å². The van der Waals surface area contributed by atoms with E-state index in [0.29, 0.717) is 30.6 Å². The van der Waals surface area contributed by atoms with Gasteiger partial charge in [0, 0.05) is 47.2 Å². The maximum atomic E-state index is 15.8. The molecule has 0 bridgehead atoms. The quantitative estimate of drug-likeness (QED) is 0.713. The number of nitrogens with zero attached hydrogens (tertiary/aromatic N) is 3. The number of aromatic amines is 1. The molecule has 1 saturated carbocycles. The van der Waals surface area contributed by atoms with E-state index in [4.69, 9.17) is 0 Å². The van der Waals surface area contributed by atoms with Crippen LogP contribution < -0.4 is 0 Å². The van der Waals surface area contributed by atoms with E-state index in [1.54, 1.807) is 24.5 Å². The highest BCUT2D eigenvalue weighted by Crippen LogP contribution is 2.50. The monoisotopic (exact) mass is 396 g/mol. The predicted molar refractivity (Wildman–Crippen MR) is 106 cm³/mol. The van der Waals surface area contributed by atoms with E-state index < -0.39 is 5.67 Å². The molecule has 3 aromatic heterocycles. The molecule has 5 nitrogen and oxygen atoms in total. The Labute approximate surface area is 166 Å². The number of hydrogen-bond acceptors (Lipinski definition) is 4. The van der Waals surface area contributed by atoms with Crippen molar-refractivity contribution >= 4 is 17.2 Å². The highest BCUT2D eigenvalue weighted by atomic mass is 32.1. The highest BCUT2D eigenvalue weighted by molar-refractivity contribution is 7.13. The molecule has 144 valence electrons. The Bertz CT molecular complexity index is 973. The lowest BCUT2D eigenvalue weighted by Crippen LogP contribution is -2.46. The summed E-state index contributed by atoms with van der Waals surface area (Å²) < 4.78 is 15.8. The standard InChI is InChI=1S/C21H21FN4OS/c22-21(19-5-1-2-6-23-19)9-14-4-3-7-26(17(14)10-21)20(27)15-8-18(28-13-15)16-11-24-25-12-16/h1-2,5-6,8,11-14,17H,3-4,7,9-10H2,(H,24,25). The van der Waals surface area contributed by atoms with E-state index >= 15 is 4.39 Å². The molecular formula is C21H21FN4OS. The van der Waals surface area contributed by atoms with Crippen LogP contribution in [0.4, 0.5) is 4.39 Å². The number of carbonyl (C=O) groups is 1. The molecular weight excluding hydrogens is 375 g/mol. The minimum absolute atomic E-state index is 0.00552. The number of alkyl halides is 1. The number of piperidine rings is 1. The lowest BCUT2D eigenvalue weighted by Gasteiger charge is -2.37. The van der Waals surface area contributed by atoms with Crippen molar-refractivity contribution in [3.05, 3.63) is 59.5 Å². The first kappa shape index (κ1) is 17.6. The minimum atomic E-state index is -1.45. The number of amides is 1. The van der Waals surface area contributed by atoms with Crippen molar-refractivity contribution in [2.75, 3.05) is 6.54 Å². The van der Waals surface area contributed by atoms with Crippen LogP contribution in [0.2, 0.25) is 0 Å². The second-order valence-corrected chi connectivity index (χ2v) is 8.65. The minimum Gasteiger partial charge on any atom is -0.335 e. The number of H-pyrrole nitrogens is 1. The highest BCUT2D eigenvalue weighted by Gasteiger charge is 2.51. The predicted octanol–water partition coefficient (Wildman–Crippen LogP) is 4.41. The molecule has 5 rings (SSSR count). The molecule has 7 heteroatoms. The zero-order valence-electron chi connectivity index (χ0n) is 15.3. The molecule has 1 saturated heterocycles. The number of pyridine rings is 1. The van der Waals surface area contributed by atoms with Gasteiger partial charge in [0.25, 0.3) is 5.91 Å². The van der Waals surface area contributed by atoms with Crippen molar-refractivity contribution in [1.82, 2.24) is 20.1 Å². The fourth-order valence-corrected chi connectivity index (χ4v) is 5.59. The van der Waals surface area contributed by atoms with Crippen LogP contribution in [0.15, 0.2) is 48.2 Å². The summed E-state index contributed by atoms with van der Waals surface area (Å²) in [6.07, 6.45) is 7.88. The van der Waals surface area contributed by atoms with Crippen LogP contribution in [0.5, 0.6) is 0 Å². The zero-order chi connectivity index (χ0) is 19.1. The summed E-state index contributed by atoms with van der Waals surface area (Å²) in [6, 6.07) is 7.25. The molecule has 3 unspecified atom stereocenters. The maximum Gasteiger partial charge on any atom is 0.254 e. The number of carbonyl (C=O) groups excluding carboxylic acids is 1. The van der Waals surface area contributed by atoms with Gasteiger partial charge in [-0.25, -0.2) is 4.39 Å². The Morgan fingerprint density at radius 3 is 3.07 bits per heavy atom. The van der Waals surface area contributed by atoms with E-state index in [-0.39, 0.29) is 17.9 Å². The third-order valence-corrected chi connectivity index (χ3v) is 7.03. The normalized spacial score (nSPS) is 27.0. The smallest absolute Gasteiger partial charge is 0.254 e. The van der Waals surface area contributed by atoms with E-state index in [1.807, 2.05) is 28.6 Å². The third kappa shape index (κ3) is 2.94. The molecule has 2 fully saturated rings. The molecule has 1 amide bonds. The summed E-state index contributed by atoms with van der Waals surface area (Å²) in [5.41, 5.74) is 0.695. The molecule has 1 N–H and O–H groups in total. The van der Waals surface area contributed by atoms with Crippen molar-refractivity contribution in [1.29, 1.82) is 0 Å². The van der Waals surface area contributed by atoms with Crippen molar-refractivity contribution in [2.24, 2.45) is 5.92 Å². The summed E-state index contributed by atoms with van der Waals surface area (Å²) in [7, 11) is 0. The number of thiophene rings is 1. The second-order valence-electron chi connectivity index (χ2n) is 7.74. The molecule has 0 radical (unpaired) electrons. The SMILES string of the molecule is O=C(c1csc(-c2cn[nH]c2)c1)N1CCCC2CC(F)(c3ccccn3)CC21. The lowest BCUT2D eigenvalue weighted by molar-refractivity contribution is 0.0539. The molecule has 0 aromatic carbocycles. The van der Waals surface area contributed by atoms with Crippen LogP contribution in [0, 0.1) is 5.92 Å². The number of hydrogen-bond donors (Lipinski definition) is 1. The topological polar surface area (TPSA) is 61.9 Å². The first-order chi connectivity index (χ1) is 13.6.